The summed E-state index contributed by atoms with van der Waals surface area (Å²) in [5.41, 5.74) is 2.14. The second-order valence-electron chi connectivity index (χ2n) is 5.90. The topological polar surface area (TPSA) is 49.4 Å². The minimum atomic E-state index is -3.40. The lowest BCUT2D eigenvalue weighted by molar-refractivity contribution is 0.369. The van der Waals surface area contributed by atoms with E-state index in [1.165, 1.54) is 0 Å². The summed E-state index contributed by atoms with van der Waals surface area (Å²) in [6.07, 6.45) is 3.02. The van der Waals surface area contributed by atoms with E-state index in [1.54, 1.807) is 16.4 Å². The highest BCUT2D eigenvalue weighted by molar-refractivity contribution is 7.89. The minimum absolute atomic E-state index is 0.290. The highest BCUT2D eigenvalue weighted by Gasteiger charge is 2.27. The van der Waals surface area contributed by atoms with Crippen molar-refractivity contribution in [1.29, 1.82) is 0 Å². The Kier molecular flexibility index (Phi) is 5.41. The number of nitrogens with one attached hydrogen (secondary N) is 1. The molecule has 1 atom stereocenters. The summed E-state index contributed by atoms with van der Waals surface area (Å²) >= 11 is 0. The molecule has 0 amide bonds. The van der Waals surface area contributed by atoms with Crippen LogP contribution in [0.15, 0.2) is 23.1 Å². The van der Waals surface area contributed by atoms with Gasteiger partial charge in [-0.05, 0) is 62.9 Å². The fourth-order valence-corrected chi connectivity index (χ4v) is 4.40. The molecule has 2 rings (SSSR count). The normalized spacial score (nSPS) is 19.3. The van der Waals surface area contributed by atoms with Crippen molar-refractivity contribution in [2.75, 3.05) is 19.6 Å². The molecule has 1 aromatic rings. The zero-order valence-corrected chi connectivity index (χ0v) is 14.0. The molecule has 1 heterocycles. The lowest BCUT2D eigenvalue weighted by Gasteiger charge is -2.25. The van der Waals surface area contributed by atoms with E-state index in [2.05, 4.69) is 5.32 Å². The smallest absolute Gasteiger partial charge is 0.243 e. The van der Waals surface area contributed by atoms with Crippen LogP contribution in [-0.4, -0.2) is 38.4 Å². The quantitative estimate of drug-likeness (QED) is 0.878. The summed E-state index contributed by atoms with van der Waals surface area (Å²) in [4.78, 5) is 0.414. The lowest BCUT2D eigenvalue weighted by Crippen LogP contribution is -2.41. The van der Waals surface area contributed by atoms with E-state index < -0.39 is 10.0 Å². The Morgan fingerprint density at radius 1 is 1.29 bits per heavy atom. The molecule has 0 bridgehead atoms. The molecule has 1 fully saturated rings. The first-order chi connectivity index (χ1) is 9.95. The fraction of sp³-hybridized carbons (Fsp3) is 0.625. The van der Waals surface area contributed by atoms with Crippen LogP contribution in [0, 0.1) is 13.8 Å². The Morgan fingerprint density at radius 2 is 2.05 bits per heavy atom. The maximum atomic E-state index is 12.9. The fourth-order valence-electron chi connectivity index (χ4n) is 2.74. The highest BCUT2D eigenvalue weighted by atomic mass is 32.2. The molecule has 0 saturated carbocycles. The van der Waals surface area contributed by atoms with Crippen molar-refractivity contribution in [2.45, 2.75) is 51.0 Å². The second-order valence-corrected chi connectivity index (χ2v) is 7.84. The number of benzene rings is 1. The van der Waals surface area contributed by atoms with Gasteiger partial charge in [0.1, 0.15) is 0 Å². The molecule has 4 nitrogen and oxygen atoms in total. The Balaban J connectivity index is 2.25. The number of sulfonamides is 1. The van der Waals surface area contributed by atoms with Crippen molar-refractivity contribution in [3.8, 4) is 0 Å². The van der Waals surface area contributed by atoms with Gasteiger partial charge in [0.15, 0.2) is 0 Å². The molecule has 0 radical (unpaired) electrons. The summed E-state index contributed by atoms with van der Waals surface area (Å²) < 4.78 is 27.4. The minimum Gasteiger partial charge on any atom is -0.313 e. The van der Waals surface area contributed by atoms with Gasteiger partial charge in [0, 0.05) is 19.1 Å². The predicted molar refractivity (Wildman–Crippen MR) is 86.0 cm³/mol. The molecular weight excluding hydrogens is 284 g/mol. The number of rotatable bonds is 6. The SMILES string of the molecule is CCCN(CC1CCCN1)S(=O)(=O)c1ccc(C)c(C)c1. The van der Waals surface area contributed by atoms with Crippen molar-refractivity contribution >= 4 is 10.0 Å². The van der Waals surface area contributed by atoms with Crippen LogP contribution in [0.5, 0.6) is 0 Å². The number of nitrogens with zero attached hydrogens (tertiary/aromatic N) is 1. The van der Waals surface area contributed by atoms with Gasteiger partial charge >= 0.3 is 0 Å². The van der Waals surface area contributed by atoms with E-state index in [9.17, 15) is 8.42 Å². The monoisotopic (exact) mass is 310 g/mol. The predicted octanol–water partition coefficient (Wildman–Crippen LogP) is 2.46. The number of hydrogen-bond acceptors (Lipinski definition) is 3. The first-order valence-corrected chi connectivity index (χ1v) is 9.20. The van der Waals surface area contributed by atoms with Gasteiger partial charge < -0.3 is 5.32 Å². The second kappa shape index (κ2) is 6.90. The maximum absolute atomic E-state index is 12.9. The zero-order chi connectivity index (χ0) is 15.5. The van der Waals surface area contributed by atoms with Crippen LogP contribution in [0.4, 0.5) is 0 Å². The molecule has 1 N–H and O–H groups in total. The van der Waals surface area contributed by atoms with Crippen LogP contribution in [0.1, 0.15) is 37.3 Å². The summed E-state index contributed by atoms with van der Waals surface area (Å²) in [5.74, 6) is 0. The van der Waals surface area contributed by atoms with Crippen LogP contribution in [0.3, 0.4) is 0 Å². The Labute approximate surface area is 128 Å². The maximum Gasteiger partial charge on any atom is 0.243 e. The van der Waals surface area contributed by atoms with Crippen molar-refractivity contribution in [2.24, 2.45) is 0 Å². The molecule has 5 heteroatoms. The van der Waals surface area contributed by atoms with Crippen LogP contribution >= 0.6 is 0 Å². The van der Waals surface area contributed by atoms with Crippen molar-refractivity contribution < 1.29 is 8.42 Å². The summed E-state index contributed by atoms with van der Waals surface area (Å²) in [5, 5.41) is 3.38. The Hall–Kier alpha value is -0.910. The third-order valence-corrected chi connectivity index (χ3v) is 6.04. The number of hydrogen-bond donors (Lipinski definition) is 1. The molecule has 118 valence electrons. The van der Waals surface area contributed by atoms with E-state index >= 15 is 0 Å². The third kappa shape index (κ3) is 3.84. The van der Waals surface area contributed by atoms with Gasteiger partial charge in [0.2, 0.25) is 10.0 Å². The van der Waals surface area contributed by atoms with Crippen LogP contribution in [0.2, 0.25) is 0 Å². The van der Waals surface area contributed by atoms with Crippen molar-refractivity contribution in [1.82, 2.24) is 9.62 Å². The first-order valence-electron chi connectivity index (χ1n) is 7.76. The average Bonchev–Trinajstić information content (AvgIpc) is 2.94. The average molecular weight is 310 g/mol. The third-order valence-electron chi connectivity index (χ3n) is 4.18. The molecule has 0 spiro atoms. The zero-order valence-electron chi connectivity index (χ0n) is 13.2. The van der Waals surface area contributed by atoms with E-state index in [4.69, 9.17) is 0 Å². The Morgan fingerprint density at radius 3 is 2.62 bits per heavy atom. The first kappa shape index (κ1) is 16.5. The molecule has 21 heavy (non-hydrogen) atoms. The van der Waals surface area contributed by atoms with Gasteiger partial charge in [-0.1, -0.05) is 13.0 Å². The van der Waals surface area contributed by atoms with Crippen molar-refractivity contribution in [3.63, 3.8) is 0 Å². The van der Waals surface area contributed by atoms with Gasteiger partial charge in [0.05, 0.1) is 4.90 Å². The lowest BCUT2D eigenvalue weighted by atomic mass is 10.1. The highest BCUT2D eigenvalue weighted by Crippen LogP contribution is 2.21. The van der Waals surface area contributed by atoms with Crippen LogP contribution in [0.25, 0.3) is 0 Å². The van der Waals surface area contributed by atoms with Gasteiger partial charge in [-0.25, -0.2) is 8.42 Å². The van der Waals surface area contributed by atoms with Gasteiger partial charge in [-0.2, -0.15) is 4.31 Å². The van der Waals surface area contributed by atoms with Gasteiger partial charge in [-0.3, -0.25) is 0 Å². The molecular formula is C16H26N2O2S. The molecule has 1 unspecified atom stereocenters. The summed E-state index contributed by atoms with van der Waals surface area (Å²) in [6.45, 7) is 8.12. The molecule has 1 saturated heterocycles. The van der Waals surface area contributed by atoms with E-state index in [1.807, 2.05) is 26.8 Å². The van der Waals surface area contributed by atoms with E-state index in [-0.39, 0.29) is 6.04 Å². The van der Waals surface area contributed by atoms with Crippen LogP contribution < -0.4 is 5.32 Å². The number of aryl methyl sites for hydroxylation is 2. The molecule has 0 aliphatic carbocycles. The largest absolute Gasteiger partial charge is 0.313 e. The molecule has 0 aromatic heterocycles. The van der Waals surface area contributed by atoms with E-state index in [0.29, 0.717) is 18.0 Å². The molecule has 1 aromatic carbocycles. The van der Waals surface area contributed by atoms with Gasteiger partial charge in [0.25, 0.3) is 0 Å². The Bertz CT molecular complexity index is 578. The van der Waals surface area contributed by atoms with Crippen molar-refractivity contribution in [3.05, 3.63) is 29.3 Å². The molecule has 1 aliphatic rings. The standard InChI is InChI=1S/C16H26N2O2S/c1-4-10-18(12-15-6-5-9-17-15)21(19,20)16-8-7-13(2)14(3)11-16/h7-8,11,15,17H,4-6,9-10,12H2,1-3H3. The van der Waals surface area contributed by atoms with E-state index in [0.717, 1.165) is 36.9 Å². The summed E-state index contributed by atoms with van der Waals surface area (Å²) in [7, 11) is -3.40. The van der Waals surface area contributed by atoms with Gasteiger partial charge in [-0.15, -0.1) is 0 Å². The van der Waals surface area contributed by atoms with Crippen LogP contribution in [-0.2, 0) is 10.0 Å². The molecule has 1 aliphatic heterocycles. The summed E-state index contributed by atoms with van der Waals surface area (Å²) in [6, 6.07) is 5.69.